The maximum Gasteiger partial charge on any atom is 0.273 e. The van der Waals surface area contributed by atoms with Gasteiger partial charge in [-0.3, -0.25) is 9.69 Å². The molecule has 0 saturated carbocycles. The lowest BCUT2D eigenvalue weighted by atomic mass is 10.0. The molecule has 1 amide bonds. The van der Waals surface area contributed by atoms with Gasteiger partial charge in [0.2, 0.25) is 0 Å². The standard InChI is InChI=1S/C20H29N5O3/c1-14(2)10-21-20(27)18-13-25(23-22-18)16-5-4-8-24(12-16)11-15-9-17(28-3)6-7-19(15)26/h6-7,9,13-14,16,26H,4-5,8,10-12H2,1-3H3,(H,21,27)/t16-/m0/s1. The van der Waals surface area contributed by atoms with Crippen LogP contribution < -0.4 is 10.1 Å². The van der Waals surface area contributed by atoms with Gasteiger partial charge in [-0.25, -0.2) is 4.68 Å². The number of ether oxygens (including phenoxy) is 1. The second-order valence-corrected chi connectivity index (χ2v) is 7.71. The predicted molar refractivity (Wildman–Crippen MR) is 105 cm³/mol. The van der Waals surface area contributed by atoms with Crippen LogP contribution in [0, 0.1) is 5.92 Å². The second kappa shape index (κ2) is 9.05. The van der Waals surface area contributed by atoms with Crippen molar-refractivity contribution in [2.45, 2.75) is 39.3 Å². The second-order valence-electron chi connectivity index (χ2n) is 7.71. The molecule has 0 unspecified atom stereocenters. The van der Waals surface area contributed by atoms with Gasteiger partial charge in [-0.05, 0) is 43.5 Å². The minimum Gasteiger partial charge on any atom is -0.508 e. The molecule has 2 N–H and O–H groups in total. The average molecular weight is 387 g/mol. The molecule has 0 bridgehead atoms. The molecule has 152 valence electrons. The summed E-state index contributed by atoms with van der Waals surface area (Å²) >= 11 is 0. The molecular formula is C20H29N5O3. The molecule has 3 rings (SSSR count). The molecule has 8 heteroatoms. The number of hydrogen-bond donors (Lipinski definition) is 2. The topological polar surface area (TPSA) is 92.5 Å². The number of piperidine rings is 1. The van der Waals surface area contributed by atoms with Gasteiger partial charge in [0.25, 0.3) is 5.91 Å². The number of nitrogens with zero attached hydrogens (tertiary/aromatic N) is 4. The van der Waals surface area contributed by atoms with E-state index in [1.165, 1.54) is 0 Å². The minimum absolute atomic E-state index is 0.153. The normalized spacial score (nSPS) is 17.6. The smallest absolute Gasteiger partial charge is 0.273 e. The lowest BCUT2D eigenvalue weighted by Crippen LogP contribution is -2.36. The number of methoxy groups -OCH3 is 1. The first-order chi connectivity index (χ1) is 13.5. The Kier molecular flexibility index (Phi) is 6.51. The van der Waals surface area contributed by atoms with E-state index in [-0.39, 0.29) is 17.7 Å². The monoisotopic (exact) mass is 387 g/mol. The van der Waals surface area contributed by atoms with Gasteiger partial charge in [-0.1, -0.05) is 19.1 Å². The zero-order chi connectivity index (χ0) is 20.1. The summed E-state index contributed by atoms with van der Waals surface area (Å²) in [5, 5.41) is 21.2. The van der Waals surface area contributed by atoms with E-state index in [9.17, 15) is 9.90 Å². The molecule has 0 aliphatic carbocycles. The molecule has 1 fully saturated rings. The van der Waals surface area contributed by atoms with Crippen LogP contribution in [-0.2, 0) is 6.54 Å². The molecule has 0 spiro atoms. The first-order valence-electron chi connectivity index (χ1n) is 9.74. The highest BCUT2D eigenvalue weighted by Crippen LogP contribution is 2.27. The van der Waals surface area contributed by atoms with Crippen LogP contribution in [0.2, 0.25) is 0 Å². The third-order valence-electron chi connectivity index (χ3n) is 4.95. The van der Waals surface area contributed by atoms with E-state index in [1.807, 2.05) is 19.9 Å². The quantitative estimate of drug-likeness (QED) is 0.757. The van der Waals surface area contributed by atoms with Gasteiger partial charge < -0.3 is 15.2 Å². The van der Waals surface area contributed by atoms with Gasteiger partial charge in [0.15, 0.2) is 5.69 Å². The minimum atomic E-state index is -0.186. The molecule has 1 atom stereocenters. The summed E-state index contributed by atoms with van der Waals surface area (Å²) in [5.74, 6) is 1.20. The van der Waals surface area contributed by atoms with Gasteiger partial charge >= 0.3 is 0 Å². The van der Waals surface area contributed by atoms with E-state index in [0.717, 1.165) is 37.2 Å². The van der Waals surface area contributed by atoms with Gasteiger partial charge in [-0.2, -0.15) is 0 Å². The van der Waals surface area contributed by atoms with E-state index < -0.39 is 0 Å². The highest BCUT2D eigenvalue weighted by Gasteiger charge is 2.24. The van der Waals surface area contributed by atoms with Crippen molar-refractivity contribution in [1.29, 1.82) is 0 Å². The first kappa shape index (κ1) is 20.1. The lowest BCUT2D eigenvalue weighted by Gasteiger charge is -2.32. The zero-order valence-electron chi connectivity index (χ0n) is 16.8. The first-order valence-corrected chi connectivity index (χ1v) is 9.74. The molecule has 2 heterocycles. The van der Waals surface area contributed by atoms with E-state index in [0.29, 0.717) is 24.7 Å². The van der Waals surface area contributed by atoms with E-state index >= 15 is 0 Å². The van der Waals surface area contributed by atoms with E-state index in [4.69, 9.17) is 4.74 Å². The van der Waals surface area contributed by atoms with Crippen molar-refractivity contribution >= 4 is 5.91 Å². The van der Waals surface area contributed by atoms with Crippen LogP contribution in [0.1, 0.15) is 48.8 Å². The zero-order valence-corrected chi connectivity index (χ0v) is 16.8. The molecule has 1 aromatic heterocycles. The summed E-state index contributed by atoms with van der Waals surface area (Å²) in [6, 6.07) is 5.43. The fourth-order valence-corrected chi connectivity index (χ4v) is 3.39. The molecular weight excluding hydrogens is 358 g/mol. The number of aromatic hydroxyl groups is 1. The van der Waals surface area contributed by atoms with Gasteiger partial charge in [0, 0.05) is 25.2 Å². The van der Waals surface area contributed by atoms with Crippen LogP contribution in [0.3, 0.4) is 0 Å². The van der Waals surface area contributed by atoms with Crippen molar-refractivity contribution in [1.82, 2.24) is 25.2 Å². The number of phenols is 1. The lowest BCUT2D eigenvalue weighted by molar-refractivity contribution is 0.0944. The molecule has 2 aromatic rings. The Bertz CT molecular complexity index is 805. The maximum atomic E-state index is 12.2. The number of nitrogens with one attached hydrogen (secondary N) is 1. The van der Waals surface area contributed by atoms with Crippen LogP contribution in [0.4, 0.5) is 0 Å². The van der Waals surface area contributed by atoms with Crippen LogP contribution >= 0.6 is 0 Å². The third kappa shape index (κ3) is 5.01. The summed E-state index contributed by atoms with van der Waals surface area (Å²) < 4.78 is 7.05. The largest absolute Gasteiger partial charge is 0.508 e. The molecule has 1 aliphatic rings. The third-order valence-corrected chi connectivity index (χ3v) is 4.95. The number of carbonyl (C=O) groups excluding carboxylic acids is 1. The van der Waals surface area contributed by atoms with Crippen molar-refractivity contribution in [3.05, 3.63) is 35.7 Å². The summed E-state index contributed by atoms with van der Waals surface area (Å²) in [7, 11) is 1.62. The SMILES string of the molecule is COc1ccc(O)c(CN2CCC[C@H](n3cc(C(=O)NCC(C)C)nn3)C2)c1. The van der Waals surface area contributed by atoms with E-state index in [1.54, 1.807) is 30.1 Å². The average Bonchev–Trinajstić information content (AvgIpc) is 3.18. The Morgan fingerprint density at radius 3 is 3.00 bits per heavy atom. The Balaban J connectivity index is 1.63. The van der Waals surface area contributed by atoms with Crippen LogP contribution in [0.15, 0.2) is 24.4 Å². The van der Waals surface area contributed by atoms with Crippen molar-refractivity contribution in [2.24, 2.45) is 5.92 Å². The maximum absolute atomic E-state index is 12.2. The number of likely N-dealkylation sites (tertiary alicyclic amines) is 1. The number of phenolic OH excluding ortho intramolecular Hbond substituents is 1. The summed E-state index contributed by atoms with van der Waals surface area (Å²) in [5.41, 5.74) is 1.19. The fourth-order valence-electron chi connectivity index (χ4n) is 3.39. The summed E-state index contributed by atoms with van der Waals surface area (Å²) in [6.45, 7) is 7.08. The van der Waals surface area contributed by atoms with Gasteiger partial charge in [0.1, 0.15) is 11.5 Å². The fraction of sp³-hybridized carbons (Fsp3) is 0.550. The Morgan fingerprint density at radius 1 is 1.43 bits per heavy atom. The highest BCUT2D eigenvalue weighted by molar-refractivity contribution is 5.91. The van der Waals surface area contributed by atoms with E-state index in [2.05, 4.69) is 20.5 Å². The molecule has 28 heavy (non-hydrogen) atoms. The number of carbonyl (C=O) groups is 1. The van der Waals surface area contributed by atoms with Crippen molar-refractivity contribution in [3.8, 4) is 11.5 Å². The molecule has 1 aromatic carbocycles. The van der Waals surface area contributed by atoms with Crippen LogP contribution in [-0.4, -0.2) is 57.7 Å². The number of benzene rings is 1. The predicted octanol–water partition coefficient (Wildman–Crippen LogP) is 2.22. The van der Waals surface area contributed by atoms with Crippen LogP contribution in [0.5, 0.6) is 11.5 Å². The number of hydrogen-bond acceptors (Lipinski definition) is 6. The molecule has 0 radical (unpaired) electrons. The number of amides is 1. The Labute approximate surface area is 165 Å². The summed E-state index contributed by atoms with van der Waals surface area (Å²) in [6.07, 6.45) is 3.73. The van der Waals surface area contributed by atoms with Crippen LogP contribution in [0.25, 0.3) is 0 Å². The van der Waals surface area contributed by atoms with Gasteiger partial charge in [0.05, 0.1) is 19.3 Å². The van der Waals surface area contributed by atoms with Gasteiger partial charge in [-0.15, -0.1) is 5.10 Å². The number of aromatic nitrogens is 3. The van der Waals surface area contributed by atoms with Crippen molar-refractivity contribution in [2.75, 3.05) is 26.7 Å². The van der Waals surface area contributed by atoms with Crippen molar-refractivity contribution in [3.63, 3.8) is 0 Å². The number of rotatable bonds is 7. The summed E-state index contributed by atoms with van der Waals surface area (Å²) in [4.78, 5) is 14.5. The molecule has 8 nitrogen and oxygen atoms in total. The molecule has 1 aliphatic heterocycles. The molecule has 1 saturated heterocycles. The van der Waals surface area contributed by atoms with Crippen molar-refractivity contribution < 1.29 is 14.6 Å². The highest BCUT2D eigenvalue weighted by atomic mass is 16.5. The Hall–Kier alpha value is -2.61. The Morgan fingerprint density at radius 2 is 2.25 bits per heavy atom.